The Labute approximate surface area is 117 Å². The molecule has 1 aromatic carbocycles. The molecule has 2 aromatic heterocycles. The minimum atomic E-state index is 0.716. The fraction of sp³-hybridized carbons (Fsp3) is 0.294. The van der Waals surface area contributed by atoms with Crippen molar-refractivity contribution in [2.24, 2.45) is 5.92 Å². The van der Waals surface area contributed by atoms with Gasteiger partial charge in [0.05, 0.1) is 10.6 Å². The third-order valence-electron chi connectivity index (χ3n) is 4.09. The molecular formula is C17H17NS. The summed E-state index contributed by atoms with van der Waals surface area (Å²) in [5.74, 6) is 0.716. The zero-order valence-electron chi connectivity index (χ0n) is 11.3. The molecule has 1 nitrogen and oxygen atoms in total. The lowest BCUT2D eigenvalue weighted by Crippen LogP contribution is -2.00. The standard InChI is InChI=1S/C17H17NS/c1-10-7-12-9-11(2)19-17(12)16-14(8-10)13-5-3-4-6-15(13)18-16/h3-6,9-10,18H,7-8H2,1-2H3. The van der Waals surface area contributed by atoms with Crippen LogP contribution in [0.25, 0.3) is 21.5 Å². The number of H-pyrrole nitrogens is 1. The zero-order valence-corrected chi connectivity index (χ0v) is 12.1. The number of aryl methyl sites for hydroxylation is 1. The van der Waals surface area contributed by atoms with Crippen LogP contribution < -0.4 is 0 Å². The van der Waals surface area contributed by atoms with Gasteiger partial charge < -0.3 is 4.98 Å². The maximum atomic E-state index is 3.66. The molecule has 3 aromatic rings. The third-order valence-corrected chi connectivity index (χ3v) is 5.20. The first-order chi connectivity index (χ1) is 9.22. The van der Waals surface area contributed by atoms with Crippen molar-refractivity contribution in [3.05, 3.63) is 46.3 Å². The van der Waals surface area contributed by atoms with E-state index < -0.39 is 0 Å². The summed E-state index contributed by atoms with van der Waals surface area (Å²) in [5.41, 5.74) is 5.70. The van der Waals surface area contributed by atoms with E-state index in [2.05, 4.69) is 49.2 Å². The Morgan fingerprint density at radius 2 is 2.05 bits per heavy atom. The third kappa shape index (κ3) is 1.67. The summed E-state index contributed by atoms with van der Waals surface area (Å²) in [6.07, 6.45) is 2.39. The van der Waals surface area contributed by atoms with E-state index in [1.807, 2.05) is 11.3 Å². The molecule has 1 N–H and O–H groups in total. The molecular weight excluding hydrogens is 250 g/mol. The van der Waals surface area contributed by atoms with Gasteiger partial charge in [0.25, 0.3) is 0 Å². The highest BCUT2D eigenvalue weighted by molar-refractivity contribution is 7.15. The molecule has 1 unspecified atom stereocenters. The number of thiophene rings is 1. The largest absolute Gasteiger partial charge is 0.354 e. The average Bonchev–Trinajstić information content (AvgIpc) is 2.88. The molecule has 0 spiro atoms. The minimum Gasteiger partial charge on any atom is -0.354 e. The maximum absolute atomic E-state index is 3.66. The molecule has 0 bridgehead atoms. The Balaban J connectivity index is 2.08. The number of fused-ring (bicyclic) bond motifs is 5. The summed E-state index contributed by atoms with van der Waals surface area (Å²) in [5, 5.41) is 1.41. The van der Waals surface area contributed by atoms with Crippen molar-refractivity contribution in [1.82, 2.24) is 4.98 Å². The van der Waals surface area contributed by atoms with Gasteiger partial charge in [0.2, 0.25) is 0 Å². The Kier molecular flexibility index (Phi) is 2.36. The minimum absolute atomic E-state index is 0.716. The van der Waals surface area contributed by atoms with Gasteiger partial charge in [-0.3, -0.25) is 0 Å². The Morgan fingerprint density at radius 1 is 1.21 bits per heavy atom. The van der Waals surface area contributed by atoms with Crippen LogP contribution in [0.3, 0.4) is 0 Å². The molecule has 0 aliphatic heterocycles. The number of benzene rings is 1. The molecule has 0 saturated heterocycles. The quantitative estimate of drug-likeness (QED) is 0.594. The van der Waals surface area contributed by atoms with Crippen LogP contribution in [0, 0.1) is 12.8 Å². The van der Waals surface area contributed by atoms with E-state index in [4.69, 9.17) is 0 Å². The normalized spacial score (nSPS) is 18.1. The second-order valence-corrected chi connectivity index (χ2v) is 7.01. The topological polar surface area (TPSA) is 15.8 Å². The molecule has 2 heterocycles. The monoisotopic (exact) mass is 267 g/mol. The van der Waals surface area contributed by atoms with Crippen molar-refractivity contribution in [3.63, 3.8) is 0 Å². The average molecular weight is 267 g/mol. The van der Waals surface area contributed by atoms with Crippen LogP contribution in [0.1, 0.15) is 22.9 Å². The smallest absolute Gasteiger partial charge is 0.0601 e. The Morgan fingerprint density at radius 3 is 2.95 bits per heavy atom. The molecule has 4 rings (SSSR count). The predicted octanol–water partition coefficient (Wildman–Crippen LogP) is 4.94. The number of nitrogens with one attached hydrogen (secondary N) is 1. The van der Waals surface area contributed by atoms with Crippen molar-refractivity contribution < 1.29 is 0 Å². The van der Waals surface area contributed by atoms with Crippen LogP contribution in [0.2, 0.25) is 0 Å². The van der Waals surface area contributed by atoms with Gasteiger partial charge >= 0.3 is 0 Å². The van der Waals surface area contributed by atoms with Gasteiger partial charge in [0.1, 0.15) is 0 Å². The van der Waals surface area contributed by atoms with E-state index in [0.29, 0.717) is 5.92 Å². The van der Waals surface area contributed by atoms with Crippen molar-refractivity contribution >= 4 is 22.2 Å². The summed E-state index contributed by atoms with van der Waals surface area (Å²) in [4.78, 5) is 6.54. The number of aromatic amines is 1. The van der Waals surface area contributed by atoms with E-state index >= 15 is 0 Å². The molecule has 1 aliphatic rings. The lowest BCUT2D eigenvalue weighted by Gasteiger charge is -2.07. The Bertz CT molecular complexity index is 763. The lowest BCUT2D eigenvalue weighted by molar-refractivity contribution is 0.586. The number of hydrogen-bond acceptors (Lipinski definition) is 1. The van der Waals surface area contributed by atoms with Crippen molar-refractivity contribution in [1.29, 1.82) is 0 Å². The lowest BCUT2D eigenvalue weighted by atomic mass is 9.97. The molecule has 0 fully saturated rings. The van der Waals surface area contributed by atoms with Crippen LogP contribution in [-0.4, -0.2) is 4.98 Å². The molecule has 0 saturated carbocycles. The van der Waals surface area contributed by atoms with Crippen LogP contribution in [-0.2, 0) is 12.8 Å². The van der Waals surface area contributed by atoms with Crippen LogP contribution in [0.5, 0.6) is 0 Å². The molecule has 19 heavy (non-hydrogen) atoms. The molecule has 1 atom stereocenters. The van der Waals surface area contributed by atoms with Crippen molar-refractivity contribution in [2.45, 2.75) is 26.7 Å². The highest BCUT2D eigenvalue weighted by Gasteiger charge is 2.23. The molecule has 0 radical (unpaired) electrons. The molecule has 96 valence electrons. The summed E-state index contributed by atoms with van der Waals surface area (Å²) in [7, 11) is 0. The maximum Gasteiger partial charge on any atom is 0.0601 e. The SMILES string of the molecule is Cc1cc2c(s1)-c1[nH]c3ccccc3c1CC(C)C2. The van der Waals surface area contributed by atoms with E-state index in [1.54, 1.807) is 0 Å². The number of rotatable bonds is 0. The van der Waals surface area contributed by atoms with Gasteiger partial charge in [0.15, 0.2) is 0 Å². The van der Waals surface area contributed by atoms with Crippen LogP contribution in [0.15, 0.2) is 30.3 Å². The van der Waals surface area contributed by atoms with Gasteiger partial charge in [-0.1, -0.05) is 25.1 Å². The van der Waals surface area contributed by atoms with Gasteiger partial charge in [-0.05, 0) is 48.9 Å². The summed E-state index contributed by atoms with van der Waals surface area (Å²) < 4.78 is 0. The first-order valence-corrected chi connectivity index (χ1v) is 7.73. The van der Waals surface area contributed by atoms with E-state index in [1.165, 1.54) is 50.3 Å². The fourth-order valence-electron chi connectivity index (χ4n) is 3.33. The summed E-state index contributed by atoms with van der Waals surface area (Å²) in [6, 6.07) is 11.1. The summed E-state index contributed by atoms with van der Waals surface area (Å²) in [6.45, 7) is 4.58. The number of aromatic nitrogens is 1. The second kappa shape index (κ2) is 3.97. The van der Waals surface area contributed by atoms with E-state index in [-0.39, 0.29) is 0 Å². The highest BCUT2D eigenvalue weighted by Crippen LogP contribution is 2.42. The predicted molar refractivity (Wildman–Crippen MR) is 82.9 cm³/mol. The number of hydrogen-bond donors (Lipinski definition) is 1. The van der Waals surface area contributed by atoms with Gasteiger partial charge in [-0.2, -0.15) is 0 Å². The van der Waals surface area contributed by atoms with Crippen LogP contribution in [0.4, 0.5) is 0 Å². The second-order valence-electron chi connectivity index (χ2n) is 5.75. The van der Waals surface area contributed by atoms with Crippen LogP contribution >= 0.6 is 11.3 Å². The van der Waals surface area contributed by atoms with Gasteiger partial charge in [-0.15, -0.1) is 11.3 Å². The highest BCUT2D eigenvalue weighted by atomic mass is 32.1. The number of para-hydroxylation sites is 1. The molecule has 1 aliphatic carbocycles. The molecule has 0 amide bonds. The van der Waals surface area contributed by atoms with Crippen molar-refractivity contribution in [3.8, 4) is 10.6 Å². The first kappa shape index (κ1) is 11.3. The summed E-state index contributed by atoms with van der Waals surface area (Å²) >= 11 is 1.93. The first-order valence-electron chi connectivity index (χ1n) is 6.91. The molecule has 2 heteroatoms. The van der Waals surface area contributed by atoms with Gasteiger partial charge in [0, 0.05) is 15.8 Å². The Hall–Kier alpha value is -1.54. The van der Waals surface area contributed by atoms with Crippen molar-refractivity contribution in [2.75, 3.05) is 0 Å². The van der Waals surface area contributed by atoms with E-state index in [9.17, 15) is 0 Å². The zero-order chi connectivity index (χ0) is 13.0. The fourth-order valence-corrected chi connectivity index (χ4v) is 4.40. The van der Waals surface area contributed by atoms with E-state index in [0.717, 1.165) is 0 Å². The van der Waals surface area contributed by atoms with Gasteiger partial charge in [-0.25, -0.2) is 0 Å².